The highest BCUT2D eigenvalue weighted by Crippen LogP contribution is 2.42. The highest BCUT2D eigenvalue weighted by atomic mass is 79.9. The number of hydrogen-bond acceptors (Lipinski definition) is 3. The monoisotopic (exact) mass is 424 g/mol. The van der Waals surface area contributed by atoms with E-state index in [2.05, 4.69) is 31.9 Å². The molecule has 1 aliphatic rings. The van der Waals surface area contributed by atoms with Crippen molar-refractivity contribution < 1.29 is 13.5 Å². The van der Waals surface area contributed by atoms with E-state index in [1.165, 1.54) is 0 Å². The Balaban J connectivity index is 2.26. The number of rotatable bonds is 5. The van der Waals surface area contributed by atoms with Crippen LogP contribution in [0.25, 0.3) is 0 Å². The zero-order chi connectivity index (χ0) is 14.8. The molecular formula is C14H18Br2O3S. The third-order valence-corrected chi connectivity index (χ3v) is 8.10. The third-order valence-electron chi connectivity index (χ3n) is 4.10. The summed E-state index contributed by atoms with van der Waals surface area (Å²) in [5.41, 5.74) is 0.894. The second-order valence-corrected chi connectivity index (χ2v) is 8.93. The number of halogens is 2. The molecule has 0 saturated carbocycles. The summed E-state index contributed by atoms with van der Waals surface area (Å²) in [6, 6.07) is 7.20. The van der Waals surface area contributed by atoms with Crippen LogP contribution in [0.5, 0.6) is 5.75 Å². The van der Waals surface area contributed by atoms with E-state index in [-0.39, 0.29) is 22.8 Å². The minimum Gasteiger partial charge on any atom is -0.508 e. The molecule has 0 aromatic heterocycles. The van der Waals surface area contributed by atoms with Crippen LogP contribution in [0.4, 0.5) is 0 Å². The van der Waals surface area contributed by atoms with Crippen molar-refractivity contribution in [3.63, 3.8) is 0 Å². The highest BCUT2D eigenvalue weighted by molar-refractivity contribution is 9.09. The van der Waals surface area contributed by atoms with Crippen LogP contribution in [0.3, 0.4) is 0 Å². The maximum absolute atomic E-state index is 11.8. The van der Waals surface area contributed by atoms with Crippen LogP contribution in [-0.4, -0.2) is 35.7 Å². The quantitative estimate of drug-likeness (QED) is 0.737. The fraction of sp³-hybridized carbons (Fsp3) is 0.571. The first-order valence-electron chi connectivity index (χ1n) is 6.51. The molecule has 1 atom stereocenters. The molecule has 3 nitrogen and oxygen atoms in total. The predicted molar refractivity (Wildman–Crippen MR) is 88.6 cm³/mol. The molecule has 0 spiro atoms. The Morgan fingerprint density at radius 1 is 1.30 bits per heavy atom. The third kappa shape index (κ3) is 3.57. The summed E-state index contributed by atoms with van der Waals surface area (Å²) in [6.45, 7) is 0. The summed E-state index contributed by atoms with van der Waals surface area (Å²) in [5.74, 6) is 0.954. The van der Waals surface area contributed by atoms with Gasteiger partial charge in [-0.15, -0.1) is 0 Å². The molecule has 112 valence electrons. The lowest BCUT2D eigenvalue weighted by Gasteiger charge is -2.36. The van der Waals surface area contributed by atoms with Gasteiger partial charge in [0.1, 0.15) is 5.75 Å². The summed E-state index contributed by atoms with van der Waals surface area (Å²) >= 11 is 7.14. The topological polar surface area (TPSA) is 54.4 Å². The fourth-order valence-corrected chi connectivity index (χ4v) is 7.03. The zero-order valence-corrected chi connectivity index (χ0v) is 15.0. The van der Waals surface area contributed by atoms with Crippen molar-refractivity contribution >= 4 is 41.7 Å². The number of aromatic hydroxyl groups is 1. The summed E-state index contributed by atoms with van der Waals surface area (Å²) in [7, 11) is -2.89. The van der Waals surface area contributed by atoms with Crippen LogP contribution in [0, 0.1) is 11.3 Å². The lowest BCUT2D eigenvalue weighted by molar-refractivity contribution is 0.253. The van der Waals surface area contributed by atoms with Crippen molar-refractivity contribution in [2.24, 2.45) is 11.3 Å². The van der Waals surface area contributed by atoms with E-state index >= 15 is 0 Å². The lowest BCUT2D eigenvalue weighted by atomic mass is 9.74. The Morgan fingerprint density at radius 3 is 2.50 bits per heavy atom. The molecule has 0 radical (unpaired) electrons. The summed E-state index contributed by atoms with van der Waals surface area (Å²) < 4.78 is 23.5. The van der Waals surface area contributed by atoms with Gasteiger partial charge in [0, 0.05) is 10.7 Å². The number of alkyl halides is 2. The second-order valence-electron chi connectivity index (χ2n) is 5.58. The standard InChI is InChI=1S/C14H18Br2O3S/c15-9-14(10-16,12-4-5-20(18,19)8-12)7-11-2-1-3-13(17)6-11/h1-3,6,12,17H,4-5,7-10H2. The number of phenols is 1. The SMILES string of the molecule is O=S1(=O)CCC(C(CBr)(CBr)Cc2cccc(O)c2)C1. The van der Waals surface area contributed by atoms with Gasteiger partial charge >= 0.3 is 0 Å². The van der Waals surface area contributed by atoms with Gasteiger partial charge in [0.05, 0.1) is 11.5 Å². The van der Waals surface area contributed by atoms with Gasteiger partial charge in [-0.05, 0) is 41.9 Å². The Kier molecular flexibility index (Phi) is 5.19. The maximum Gasteiger partial charge on any atom is 0.150 e. The first-order valence-corrected chi connectivity index (χ1v) is 10.6. The first-order chi connectivity index (χ1) is 9.41. The molecule has 0 bridgehead atoms. The van der Waals surface area contributed by atoms with Crippen LogP contribution in [0.15, 0.2) is 24.3 Å². The molecular weight excluding hydrogens is 408 g/mol. The predicted octanol–water partition coefficient (Wildman–Crippen LogP) is 3.15. The van der Waals surface area contributed by atoms with E-state index in [4.69, 9.17) is 0 Å². The molecule has 1 fully saturated rings. The Bertz CT molecular complexity index is 568. The fourth-order valence-electron chi connectivity index (χ4n) is 2.84. The molecule has 6 heteroatoms. The largest absolute Gasteiger partial charge is 0.508 e. The molecule has 1 N–H and O–H groups in total. The van der Waals surface area contributed by atoms with E-state index in [1.54, 1.807) is 12.1 Å². The van der Waals surface area contributed by atoms with Gasteiger partial charge in [0.2, 0.25) is 0 Å². The Morgan fingerprint density at radius 2 is 2.00 bits per heavy atom. The van der Waals surface area contributed by atoms with Gasteiger partial charge in [0.25, 0.3) is 0 Å². The Labute approximate surface area is 136 Å². The van der Waals surface area contributed by atoms with Crippen LogP contribution < -0.4 is 0 Å². The first kappa shape index (κ1) is 16.3. The number of sulfone groups is 1. The average molecular weight is 426 g/mol. The van der Waals surface area contributed by atoms with E-state index in [1.807, 2.05) is 12.1 Å². The minimum atomic E-state index is -2.89. The van der Waals surface area contributed by atoms with Crippen molar-refractivity contribution in [2.45, 2.75) is 12.8 Å². The normalized spacial score (nSPS) is 22.0. The molecule has 0 amide bonds. The lowest BCUT2D eigenvalue weighted by Crippen LogP contribution is -2.37. The number of phenolic OH excluding ortho intramolecular Hbond substituents is 1. The van der Waals surface area contributed by atoms with Gasteiger partial charge in [-0.2, -0.15) is 0 Å². The van der Waals surface area contributed by atoms with Gasteiger partial charge in [-0.3, -0.25) is 0 Å². The zero-order valence-electron chi connectivity index (χ0n) is 11.1. The molecule has 0 aliphatic carbocycles. The molecule has 20 heavy (non-hydrogen) atoms. The molecule has 1 heterocycles. The molecule has 1 saturated heterocycles. The van der Waals surface area contributed by atoms with E-state index in [0.717, 1.165) is 29.1 Å². The van der Waals surface area contributed by atoms with Crippen molar-refractivity contribution in [3.05, 3.63) is 29.8 Å². The molecule has 2 rings (SSSR count). The van der Waals surface area contributed by atoms with E-state index < -0.39 is 9.84 Å². The van der Waals surface area contributed by atoms with E-state index in [0.29, 0.717) is 5.75 Å². The summed E-state index contributed by atoms with van der Waals surface area (Å²) in [5, 5.41) is 11.1. The van der Waals surface area contributed by atoms with E-state index in [9.17, 15) is 13.5 Å². The van der Waals surface area contributed by atoms with Crippen LogP contribution >= 0.6 is 31.9 Å². The number of benzene rings is 1. The molecule has 1 aromatic rings. The van der Waals surface area contributed by atoms with Crippen LogP contribution in [0.2, 0.25) is 0 Å². The second kappa shape index (κ2) is 6.36. The van der Waals surface area contributed by atoms with Gasteiger partial charge in [-0.1, -0.05) is 44.0 Å². The summed E-state index contributed by atoms with van der Waals surface area (Å²) in [4.78, 5) is 0. The van der Waals surface area contributed by atoms with Gasteiger partial charge in [-0.25, -0.2) is 8.42 Å². The number of hydrogen-bond donors (Lipinski definition) is 1. The van der Waals surface area contributed by atoms with Crippen LogP contribution in [0.1, 0.15) is 12.0 Å². The van der Waals surface area contributed by atoms with Gasteiger partial charge in [0.15, 0.2) is 9.84 Å². The van der Waals surface area contributed by atoms with Crippen molar-refractivity contribution in [2.75, 3.05) is 22.2 Å². The Hall–Kier alpha value is -0.0700. The smallest absolute Gasteiger partial charge is 0.150 e. The van der Waals surface area contributed by atoms with Crippen molar-refractivity contribution in [1.82, 2.24) is 0 Å². The molecule has 1 aromatic carbocycles. The average Bonchev–Trinajstić information content (AvgIpc) is 2.77. The van der Waals surface area contributed by atoms with Crippen LogP contribution in [-0.2, 0) is 16.3 Å². The maximum atomic E-state index is 11.8. The molecule has 1 aliphatic heterocycles. The van der Waals surface area contributed by atoms with Crippen molar-refractivity contribution in [1.29, 1.82) is 0 Å². The minimum absolute atomic E-state index is 0.142. The van der Waals surface area contributed by atoms with Gasteiger partial charge < -0.3 is 5.11 Å². The summed E-state index contributed by atoms with van der Waals surface area (Å²) in [6.07, 6.45) is 1.47. The molecule has 1 unspecified atom stereocenters. The van der Waals surface area contributed by atoms with Crippen molar-refractivity contribution in [3.8, 4) is 5.75 Å². The highest BCUT2D eigenvalue weighted by Gasteiger charge is 2.43.